The third-order valence-corrected chi connectivity index (χ3v) is 4.16. The van der Waals surface area contributed by atoms with Crippen molar-refractivity contribution < 1.29 is 4.39 Å². The molecule has 0 spiro atoms. The van der Waals surface area contributed by atoms with Crippen LogP contribution in [-0.2, 0) is 13.6 Å². The summed E-state index contributed by atoms with van der Waals surface area (Å²) >= 11 is 0. The van der Waals surface area contributed by atoms with Crippen LogP contribution in [0.25, 0.3) is 11.0 Å². The van der Waals surface area contributed by atoms with Crippen molar-refractivity contribution in [3.63, 3.8) is 0 Å². The molecule has 130 valence electrons. The van der Waals surface area contributed by atoms with E-state index in [2.05, 4.69) is 32.7 Å². The molecule has 6 heteroatoms. The normalized spacial score (nSPS) is 10.8. The SMILES string of the molecule is Cn1c(NCc2ccccc2)nc2cnc(Nc3cccc(F)c3)cc21. The number of hydrogen-bond donors (Lipinski definition) is 2. The van der Waals surface area contributed by atoms with Crippen LogP contribution in [0.5, 0.6) is 0 Å². The van der Waals surface area contributed by atoms with Gasteiger partial charge in [-0.25, -0.2) is 14.4 Å². The lowest BCUT2D eigenvalue weighted by Gasteiger charge is -2.07. The average Bonchev–Trinajstić information content (AvgIpc) is 2.97. The molecule has 2 heterocycles. The Labute approximate surface area is 150 Å². The second-order valence-corrected chi connectivity index (χ2v) is 6.03. The van der Waals surface area contributed by atoms with Crippen LogP contribution in [-0.4, -0.2) is 14.5 Å². The molecule has 26 heavy (non-hydrogen) atoms. The van der Waals surface area contributed by atoms with Gasteiger partial charge in [-0.2, -0.15) is 0 Å². The number of imidazole rings is 1. The summed E-state index contributed by atoms with van der Waals surface area (Å²) in [5, 5.41) is 6.47. The monoisotopic (exact) mass is 347 g/mol. The molecule has 0 amide bonds. The molecule has 0 unspecified atom stereocenters. The highest BCUT2D eigenvalue weighted by Gasteiger charge is 2.09. The van der Waals surface area contributed by atoms with E-state index in [0.29, 0.717) is 18.1 Å². The Hall–Kier alpha value is -3.41. The molecule has 2 aromatic heterocycles. The van der Waals surface area contributed by atoms with Gasteiger partial charge < -0.3 is 15.2 Å². The van der Waals surface area contributed by atoms with Crippen molar-refractivity contribution in [2.24, 2.45) is 7.05 Å². The number of fused-ring (bicyclic) bond motifs is 1. The summed E-state index contributed by atoms with van der Waals surface area (Å²) in [4.78, 5) is 8.96. The van der Waals surface area contributed by atoms with Crippen molar-refractivity contribution in [2.75, 3.05) is 10.6 Å². The molecule has 2 N–H and O–H groups in total. The van der Waals surface area contributed by atoms with Crippen LogP contribution in [0.4, 0.5) is 21.8 Å². The largest absolute Gasteiger partial charge is 0.352 e. The molecule has 0 saturated heterocycles. The highest BCUT2D eigenvalue weighted by Crippen LogP contribution is 2.23. The van der Waals surface area contributed by atoms with E-state index in [9.17, 15) is 4.39 Å². The summed E-state index contributed by atoms with van der Waals surface area (Å²) in [5.74, 6) is 1.12. The van der Waals surface area contributed by atoms with Gasteiger partial charge in [-0.05, 0) is 23.8 Å². The van der Waals surface area contributed by atoms with Gasteiger partial charge in [-0.3, -0.25) is 0 Å². The van der Waals surface area contributed by atoms with Gasteiger partial charge in [0.15, 0.2) is 0 Å². The lowest BCUT2D eigenvalue weighted by atomic mass is 10.2. The highest BCUT2D eigenvalue weighted by atomic mass is 19.1. The molecule has 0 aliphatic rings. The van der Waals surface area contributed by atoms with Crippen LogP contribution in [0.3, 0.4) is 0 Å². The third kappa shape index (κ3) is 3.35. The first-order chi connectivity index (χ1) is 12.7. The van der Waals surface area contributed by atoms with Crippen molar-refractivity contribution in [2.45, 2.75) is 6.54 Å². The van der Waals surface area contributed by atoms with Gasteiger partial charge in [-0.15, -0.1) is 0 Å². The maximum absolute atomic E-state index is 13.3. The fourth-order valence-corrected chi connectivity index (χ4v) is 2.81. The predicted molar refractivity (Wildman–Crippen MR) is 102 cm³/mol. The lowest BCUT2D eigenvalue weighted by Crippen LogP contribution is -2.04. The number of hydrogen-bond acceptors (Lipinski definition) is 4. The smallest absolute Gasteiger partial charge is 0.203 e. The summed E-state index contributed by atoms with van der Waals surface area (Å²) < 4.78 is 15.3. The molecule has 4 aromatic rings. The number of aromatic nitrogens is 3. The minimum Gasteiger partial charge on any atom is -0.352 e. The number of rotatable bonds is 5. The van der Waals surface area contributed by atoms with Crippen molar-refractivity contribution in [3.05, 3.63) is 78.2 Å². The van der Waals surface area contributed by atoms with Gasteiger partial charge in [-0.1, -0.05) is 36.4 Å². The molecular weight excluding hydrogens is 329 g/mol. The van der Waals surface area contributed by atoms with Crippen LogP contribution in [0.15, 0.2) is 66.9 Å². The van der Waals surface area contributed by atoms with Crippen LogP contribution in [0, 0.1) is 5.82 Å². The maximum Gasteiger partial charge on any atom is 0.203 e. The molecule has 0 saturated carbocycles. The molecule has 0 fully saturated rings. The molecule has 0 bridgehead atoms. The molecule has 0 radical (unpaired) electrons. The van der Waals surface area contributed by atoms with Gasteiger partial charge in [0.25, 0.3) is 0 Å². The van der Waals surface area contributed by atoms with Crippen LogP contribution in [0.1, 0.15) is 5.56 Å². The number of nitrogens with zero attached hydrogens (tertiary/aromatic N) is 3. The van der Waals surface area contributed by atoms with Crippen molar-refractivity contribution in [3.8, 4) is 0 Å². The van der Waals surface area contributed by atoms with E-state index in [4.69, 9.17) is 0 Å². The quantitative estimate of drug-likeness (QED) is 0.559. The van der Waals surface area contributed by atoms with E-state index in [1.807, 2.05) is 35.9 Å². The van der Waals surface area contributed by atoms with Gasteiger partial charge in [0, 0.05) is 25.3 Å². The van der Waals surface area contributed by atoms with Crippen molar-refractivity contribution >= 4 is 28.5 Å². The van der Waals surface area contributed by atoms with Gasteiger partial charge >= 0.3 is 0 Å². The first-order valence-corrected chi connectivity index (χ1v) is 8.32. The fourth-order valence-electron chi connectivity index (χ4n) is 2.81. The number of aryl methyl sites for hydroxylation is 1. The predicted octanol–water partition coefficient (Wildman–Crippen LogP) is 4.46. The Bertz CT molecular complexity index is 1040. The van der Waals surface area contributed by atoms with Crippen LogP contribution >= 0.6 is 0 Å². The molecular formula is C20H18FN5. The third-order valence-electron chi connectivity index (χ3n) is 4.16. The van der Waals surface area contributed by atoms with E-state index in [0.717, 1.165) is 17.0 Å². The molecule has 0 aliphatic carbocycles. The fraction of sp³-hybridized carbons (Fsp3) is 0.100. The number of pyridine rings is 1. The number of anilines is 3. The van der Waals surface area contributed by atoms with Crippen molar-refractivity contribution in [1.29, 1.82) is 0 Å². The summed E-state index contributed by atoms with van der Waals surface area (Å²) in [6.45, 7) is 0.694. The van der Waals surface area contributed by atoms with Crippen molar-refractivity contribution in [1.82, 2.24) is 14.5 Å². The Kier molecular flexibility index (Phi) is 4.23. The maximum atomic E-state index is 13.3. The second-order valence-electron chi connectivity index (χ2n) is 6.03. The summed E-state index contributed by atoms with van der Waals surface area (Å²) in [7, 11) is 1.95. The Morgan fingerprint density at radius 1 is 1.04 bits per heavy atom. The Morgan fingerprint density at radius 3 is 2.69 bits per heavy atom. The summed E-state index contributed by atoms with van der Waals surface area (Å²) in [5.41, 5.74) is 3.58. The van der Waals surface area contributed by atoms with E-state index < -0.39 is 0 Å². The number of halogens is 1. The zero-order chi connectivity index (χ0) is 17.9. The van der Waals surface area contributed by atoms with Gasteiger partial charge in [0.1, 0.15) is 17.2 Å². The molecule has 2 aromatic carbocycles. The lowest BCUT2D eigenvalue weighted by molar-refractivity contribution is 0.628. The standard InChI is InChI=1S/C20H18FN5/c1-26-18-11-19(24-16-9-5-8-15(21)10-16)22-13-17(18)25-20(26)23-12-14-6-3-2-4-7-14/h2-11,13H,12H2,1H3,(H,22,24)(H,23,25). The first kappa shape index (κ1) is 16.1. The van der Waals surface area contributed by atoms with E-state index in [1.165, 1.54) is 17.7 Å². The highest BCUT2D eigenvalue weighted by molar-refractivity contribution is 5.81. The minimum absolute atomic E-state index is 0.288. The number of nitrogens with one attached hydrogen (secondary N) is 2. The van der Waals surface area contributed by atoms with Gasteiger partial charge in [0.2, 0.25) is 5.95 Å². The second kappa shape index (κ2) is 6.84. The van der Waals surface area contributed by atoms with E-state index in [1.54, 1.807) is 18.3 Å². The summed E-state index contributed by atoms with van der Waals surface area (Å²) in [6, 6.07) is 18.4. The Morgan fingerprint density at radius 2 is 1.88 bits per heavy atom. The van der Waals surface area contributed by atoms with Gasteiger partial charge in [0.05, 0.1) is 11.7 Å². The zero-order valence-corrected chi connectivity index (χ0v) is 14.3. The van der Waals surface area contributed by atoms with E-state index in [-0.39, 0.29) is 5.82 Å². The topological polar surface area (TPSA) is 54.8 Å². The van der Waals surface area contributed by atoms with E-state index >= 15 is 0 Å². The molecule has 0 aliphatic heterocycles. The Balaban J connectivity index is 1.57. The molecule has 0 atom stereocenters. The number of benzene rings is 2. The van der Waals surface area contributed by atoms with Crippen LogP contribution < -0.4 is 10.6 Å². The zero-order valence-electron chi connectivity index (χ0n) is 14.3. The van der Waals surface area contributed by atoms with Crippen LogP contribution in [0.2, 0.25) is 0 Å². The first-order valence-electron chi connectivity index (χ1n) is 8.32. The molecule has 5 nitrogen and oxygen atoms in total. The summed E-state index contributed by atoms with van der Waals surface area (Å²) in [6.07, 6.45) is 1.71. The molecule has 4 rings (SSSR count). The minimum atomic E-state index is -0.288. The average molecular weight is 347 g/mol.